The molecule has 0 spiro atoms. The summed E-state index contributed by atoms with van der Waals surface area (Å²) in [6, 6.07) is 4.64. The van der Waals surface area contributed by atoms with Crippen molar-refractivity contribution in [3.05, 3.63) is 23.8 Å². The Bertz CT molecular complexity index is 675. The third-order valence-electron chi connectivity index (χ3n) is 4.49. The highest BCUT2D eigenvalue weighted by molar-refractivity contribution is 6.52. The molecule has 1 amide bonds. The maximum absolute atomic E-state index is 12.9. The zero-order valence-corrected chi connectivity index (χ0v) is 13.1. The van der Waals surface area contributed by atoms with Gasteiger partial charge in [0, 0.05) is 12.6 Å². The minimum absolute atomic E-state index is 0.0304. The van der Waals surface area contributed by atoms with Gasteiger partial charge in [-0.25, -0.2) is 0 Å². The molecule has 130 valence electrons. The highest BCUT2D eigenvalue weighted by atomic mass is 19.4. The lowest BCUT2D eigenvalue weighted by Gasteiger charge is -2.35. The van der Waals surface area contributed by atoms with E-state index in [1.807, 2.05) is 0 Å². The van der Waals surface area contributed by atoms with Crippen LogP contribution >= 0.6 is 0 Å². The molecule has 1 atom stereocenters. The van der Waals surface area contributed by atoms with Crippen LogP contribution in [0.5, 0.6) is 5.75 Å². The Morgan fingerprint density at radius 2 is 2.04 bits per heavy atom. The average molecular weight is 342 g/mol. The molecule has 0 N–H and O–H groups in total. The number of nitrogens with zero attached hydrogens (tertiary/aromatic N) is 2. The van der Waals surface area contributed by atoms with Gasteiger partial charge in [-0.1, -0.05) is 0 Å². The van der Waals surface area contributed by atoms with Crippen molar-refractivity contribution >= 4 is 17.4 Å². The maximum Gasteiger partial charge on any atom is 0.393 e. The minimum atomic E-state index is -4.25. The number of benzene rings is 1. The first-order valence-corrected chi connectivity index (χ1v) is 7.64. The fraction of sp³-hybridized carbons (Fsp3) is 0.500. The molecule has 3 rings (SSSR count). The molecule has 2 aliphatic rings. The maximum atomic E-state index is 12.9. The normalized spacial score (nSPS) is 22.0. The summed E-state index contributed by atoms with van der Waals surface area (Å²) in [4.78, 5) is 27.0. The van der Waals surface area contributed by atoms with Crippen molar-refractivity contribution in [2.45, 2.75) is 19.0 Å². The number of methoxy groups -OCH3 is 1. The number of amides is 1. The molecule has 0 saturated carbocycles. The lowest BCUT2D eigenvalue weighted by Crippen LogP contribution is -2.48. The molecule has 0 bridgehead atoms. The fourth-order valence-electron chi connectivity index (χ4n) is 3.19. The van der Waals surface area contributed by atoms with E-state index in [2.05, 4.69) is 0 Å². The lowest BCUT2D eigenvalue weighted by atomic mass is 9.98. The van der Waals surface area contributed by atoms with Gasteiger partial charge < -0.3 is 4.74 Å². The van der Waals surface area contributed by atoms with Crippen molar-refractivity contribution in [1.82, 2.24) is 4.90 Å². The van der Waals surface area contributed by atoms with Crippen molar-refractivity contribution < 1.29 is 27.5 Å². The number of alkyl halides is 3. The SMILES string of the molecule is COc1ccc2c(c1)N(CN1CCCC(C(F)(F)F)C1)C(=O)C2=O. The Balaban J connectivity index is 1.81. The Hall–Kier alpha value is -2.09. The summed E-state index contributed by atoms with van der Waals surface area (Å²) in [5.74, 6) is -2.28. The highest BCUT2D eigenvalue weighted by Gasteiger charge is 2.43. The van der Waals surface area contributed by atoms with Gasteiger partial charge in [-0.3, -0.25) is 19.4 Å². The zero-order valence-electron chi connectivity index (χ0n) is 13.1. The van der Waals surface area contributed by atoms with E-state index in [0.717, 1.165) is 0 Å². The van der Waals surface area contributed by atoms with Gasteiger partial charge in [0.05, 0.1) is 30.9 Å². The summed E-state index contributed by atoms with van der Waals surface area (Å²) in [6.45, 7) is 0.266. The molecule has 1 unspecified atom stereocenters. The van der Waals surface area contributed by atoms with Crippen LogP contribution in [0.25, 0.3) is 0 Å². The van der Waals surface area contributed by atoms with E-state index in [9.17, 15) is 22.8 Å². The Morgan fingerprint density at radius 1 is 1.29 bits per heavy atom. The van der Waals surface area contributed by atoms with E-state index in [1.165, 1.54) is 18.1 Å². The Labute approximate surface area is 137 Å². The molecular weight excluding hydrogens is 325 g/mol. The van der Waals surface area contributed by atoms with E-state index < -0.39 is 23.8 Å². The first kappa shape index (κ1) is 16.8. The first-order chi connectivity index (χ1) is 11.3. The summed E-state index contributed by atoms with van der Waals surface area (Å²) >= 11 is 0. The Kier molecular flexibility index (Phi) is 4.25. The number of halogens is 3. The second-order valence-corrected chi connectivity index (χ2v) is 6.04. The molecule has 24 heavy (non-hydrogen) atoms. The summed E-state index contributed by atoms with van der Waals surface area (Å²) in [6.07, 6.45) is -3.74. The van der Waals surface area contributed by atoms with E-state index in [1.54, 1.807) is 17.0 Å². The standard InChI is InChI=1S/C16H17F3N2O3/c1-24-11-4-5-12-13(7-11)21(15(23)14(12)22)9-20-6-2-3-10(8-20)16(17,18)19/h4-5,7,10H,2-3,6,8-9H2,1H3. The number of ether oxygens (including phenoxy) is 1. The third kappa shape index (κ3) is 2.98. The fourth-order valence-corrected chi connectivity index (χ4v) is 3.19. The van der Waals surface area contributed by atoms with E-state index >= 15 is 0 Å². The molecule has 1 aromatic carbocycles. The minimum Gasteiger partial charge on any atom is -0.497 e. The van der Waals surface area contributed by atoms with Crippen molar-refractivity contribution in [2.75, 3.05) is 31.8 Å². The van der Waals surface area contributed by atoms with Crippen LogP contribution in [0.3, 0.4) is 0 Å². The van der Waals surface area contributed by atoms with Gasteiger partial charge in [-0.05, 0) is 31.5 Å². The van der Waals surface area contributed by atoms with Crippen LogP contribution in [0.4, 0.5) is 18.9 Å². The number of anilines is 1. The molecule has 8 heteroatoms. The van der Waals surface area contributed by atoms with Crippen LogP contribution < -0.4 is 9.64 Å². The quantitative estimate of drug-likeness (QED) is 0.792. The van der Waals surface area contributed by atoms with Crippen LogP contribution in [-0.2, 0) is 4.79 Å². The van der Waals surface area contributed by atoms with E-state index in [0.29, 0.717) is 24.4 Å². The largest absolute Gasteiger partial charge is 0.497 e. The average Bonchev–Trinajstić information content (AvgIpc) is 2.79. The molecule has 5 nitrogen and oxygen atoms in total. The van der Waals surface area contributed by atoms with Gasteiger partial charge in [0.2, 0.25) is 0 Å². The Morgan fingerprint density at radius 3 is 2.71 bits per heavy atom. The number of rotatable bonds is 3. The van der Waals surface area contributed by atoms with Crippen LogP contribution in [0.15, 0.2) is 18.2 Å². The number of carbonyl (C=O) groups is 2. The molecule has 1 aromatic rings. The second-order valence-electron chi connectivity index (χ2n) is 6.04. The summed E-state index contributed by atoms with van der Waals surface area (Å²) in [5, 5.41) is 0. The number of hydrogen-bond donors (Lipinski definition) is 0. The van der Waals surface area contributed by atoms with E-state index in [-0.39, 0.29) is 25.2 Å². The molecule has 2 heterocycles. The highest BCUT2D eigenvalue weighted by Crippen LogP contribution is 2.35. The number of likely N-dealkylation sites (tertiary alicyclic amines) is 1. The number of carbonyl (C=O) groups excluding carboxylic acids is 2. The van der Waals surface area contributed by atoms with Crippen molar-refractivity contribution in [2.24, 2.45) is 5.92 Å². The summed E-state index contributed by atoms with van der Waals surface area (Å²) < 4.78 is 43.9. The van der Waals surface area contributed by atoms with Gasteiger partial charge in [0.1, 0.15) is 5.75 Å². The van der Waals surface area contributed by atoms with Crippen LogP contribution in [0.1, 0.15) is 23.2 Å². The van der Waals surface area contributed by atoms with Crippen molar-refractivity contribution in [3.8, 4) is 5.75 Å². The summed E-state index contributed by atoms with van der Waals surface area (Å²) in [5.41, 5.74) is 0.642. The van der Waals surface area contributed by atoms with Gasteiger partial charge in [0.25, 0.3) is 5.78 Å². The van der Waals surface area contributed by atoms with Crippen LogP contribution in [0.2, 0.25) is 0 Å². The predicted octanol–water partition coefficient (Wildman–Crippen LogP) is 2.46. The van der Waals surface area contributed by atoms with Gasteiger partial charge in [0.15, 0.2) is 0 Å². The predicted molar refractivity (Wildman–Crippen MR) is 80.0 cm³/mol. The van der Waals surface area contributed by atoms with Crippen molar-refractivity contribution in [1.29, 1.82) is 0 Å². The number of piperidine rings is 1. The van der Waals surface area contributed by atoms with Gasteiger partial charge in [-0.15, -0.1) is 0 Å². The lowest BCUT2D eigenvalue weighted by molar-refractivity contribution is -0.186. The van der Waals surface area contributed by atoms with Crippen LogP contribution in [-0.4, -0.2) is 49.6 Å². The third-order valence-corrected chi connectivity index (χ3v) is 4.49. The van der Waals surface area contributed by atoms with Gasteiger partial charge in [-0.2, -0.15) is 13.2 Å². The molecule has 1 fully saturated rings. The molecule has 1 saturated heterocycles. The molecule has 0 aromatic heterocycles. The monoisotopic (exact) mass is 342 g/mol. The molecular formula is C16H17F3N2O3. The summed E-state index contributed by atoms with van der Waals surface area (Å²) in [7, 11) is 1.46. The molecule has 0 aliphatic carbocycles. The second kappa shape index (κ2) is 6.08. The van der Waals surface area contributed by atoms with Crippen LogP contribution in [0, 0.1) is 5.92 Å². The number of hydrogen-bond acceptors (Lipinski definition) is 4. The number of Topliss-reactive ketones (excluding diaryl/α,β-unsaturated/α-hetero) is 1. The molecule has 2 aliphatic heterocycles. The smallest absolute Gasteiger partial charge is 0.393 e. The number of fused-ring (bicyclic) bond motifs is 1. The van der Waals surface area contributed by atoms with E-state index in [4.69, 9.17) is 4.74 Å². The molecule has 0 radical (unpaired) electrons. The van der Waals surface area contributed by atoms with Crippen molar-refractivity contribution in [3.63, 3.8) is 0 Å². The first-order valence-electron chi connectivity index (χ1n) is 7.64. The topological polar surface area (TPSA) is 49.9 Å². The number of ketones is 1. The van der Waals surface area contributed by atoms with Gasteiger partial charge >= 0.3 is 12.1 Å². The zero-order chi connectivity index (χ0) is 17.5.